The van der Waals surface area contributed by atoms with E-state index in [0.29, 0.717) is 0 Å². The van der Waals surface area contributed by atoms with Crippen molar-refractivity contribution in [2.45, 2.75) is 45.4 Å². The lowest BCUT2D eigenvalue weighted by Gasteiger charge is -2.39. The number of nitrogens with zero attached hydrogens (tertiary/aromatic N) is 1. The fourth-order valence-electron chi connectivity index (χ4n) is 3.65. The van der Waals surface area contributed by atoms with Gasteiger partial charge in [0, 0.05) is 13.1 Å². The van der Waals surface area contributed by atoms with E-state index in [4.69, 9.17) is 5.73 Å². The first-order chi connectivity index (χ1) is 7.83. The highest BCUT2D eigenvalue weighted by molar-refractivity contribution is 4.82. The Labute approximate surface area is 101 Å². The van der Waals surface area contributed by atoms with E-state index in [1.54, 1.807) is 0 Å². The summed E-state index contributed by atoms with van der Waals surface area (Å²) in [5, 5.41) is 0. The predicted molar refractivity (Wildman–Crippen MR) is 69.3 cm³/mol. The molecule has 2 N–H and O–H groups in total. The lowest BCUT2D eigenvalue weighted by atomic mass is 9.83. The van der Waals surface area contributed by atoms with Crippen molar-refractivity contribution in [3.05, 3.63) is 0 Å². The average molecular weight is 224 g/mol. The van der Waals surface area contributed by atoms with Crippen LogP contribution in [0.5, 0.6) is 0 Å². The molecule has 1 aliphatic heterocycles. The Kier molecular flexibility index (Phi) is 4.66. The number of likely N-dealkylation sites (tertiary alicyclic amines) is 1. The van der Waals surface area contributed by atoms with E-state index in [1.807, 2.05) is 0 Å². The molecule has 0 aromatic heterocycles. The van der Waals surface area contributed by atoms with E-state index in [1.165, 1.54) is 58.2 Å². The smallest absolute Gasteiger partial charge is 0.00128 e. The van der Waals surface area contributed by atoms with Gasteiger partial charge in [-0.15, -0.1) is 0 Å². The number of rotatable bonds is 4. The average Bonchev–Trinajstić information content (AvgIpc) is 2.81. The van der Waals surface area contributed by atoms with Gasteiger partial charge in [-0.2, -0.15) is 0 Å². The maximum atomic E-state index is 5.86. The van der Waals surface area contributed by atoms with E-state index in [0.717, 1.165) is 24.3 Å². The molecule has 0 aromatic carbocycles. The quantitative estimate of drug-likeness (QED) is 0.795. The minimum Gasteiger partial charge on any atom is -0.330 e. The highest BCUT2D eigenvalue weighted by atomic mass is 15.1. The zero-order valence-electron chi connectivity index (χ0n) is 10.8. The summed E-state index contributed by atoms with van der Waals surface area (Å²) in [5.74, 6) is 2.66. The normalized spacial score (nSPS) is 33.4. The summed E-state index contributed by atoms with van der Waals surface area (Å²) >= 11 is 0. The molecule has 2 rings (SSSR count). The van der Waals surface area contributed by atoms with Gasteiger partial charge in [0.1, 0.15) is 0 Å². The highest BCUT2D eigenvalue weighted by Gasteiger charge is 2.28. The third-order valence-corrected chi connectivity index (χ3v) is 4.79. The highest BCUT2D eigenvalue weighted by Crippen LogP contribution is 2.29. The first-order valence-corrected chi connectivity index (χ1v) is 7.26. The van der Waals surface area contributed by atoms with Gasteiger partial charge in [-0.05, 0) is 50.1 Å². The van der Waals surface area contributed by atoms with Crippen LogP contribution in [0.4, 0.5) is 0 Å². The molecular formula is C14H28N2. The Hall–Kier alpha value is -0.0800. The Morgan fingerprint density at radius 2 is 1.88 bits per heavy atom. The fraction of sp³-hybridized carbons (Fsp3) is 1.00. The largest absolute Gasteiger partial charge is 0.330 e. The molecular weight excluding hydrogens is 196 g/mol. The summed E-state index contributed by atoms with van der Waals surface area (Å²) in [6, 6.07) is 0. The van der Waals surface area contributed by atoms with Crippen LogP contribution in [-0.2, 0) is 0 Å². The van der Waals surface area contributed by atoms with E-state index in [2.05, 4.69) is 11.8 Å². The minimum absolute atomic E-state index is 0.796. The topological polar surface area (TPSA) is 29.3 Å². The molecule has 1 heterocycles. The molecule has 0 aromatic rings. The monoisotopic (exact) mass is 224 g/mol. The molecule has 2 aliphatic rings. The van der Waals surface area contributed by atoms with Crippen LogP contribution in [0.25, 0.3) is 0 Å². The van der Waals surface area contributed by atoms with Crippen molar-refractivity contribution in [1.29, 1.82) is 0 Å². The standard InChI is InChI=1S/C14H28N2/c1-2-13-11-16(8-7-14(13)9-15)10-12-5-3-4-6-12/h12-14H,2-11,15H2,1H3. The van der Waals surface area contributed by atoms with Gasteiger partial charge in [0.05, 0.1) is 0 Å². The number of hydrogen-bond donors (Lipinski definition) is 1. The molecule has 0 bridgehead atoms. The summed E-state index contributed by atoms with van der Waals surface area (Å²) in [7, 11) is 0. The van der Waals surface area contributed by atoms with Crippen molar-refractivity contribution in [2.24, 2.45) is 23.5 Å². The summed E-state index contributed by atoms with van der Waals surface area (Å²) in [4.78, 5) is 2.72. The van der Waals surface area contributed by atoms with Crippen LogP contribution >= 0.6 is 0 Å². The first kappa shape index (κ1) is 12.4. The molecule has 1 saturated carbocycles. The third-order valence-electron chi connectivity index (χ3n) is 4.79. The molecule has 2 atom stereocenters. The van der Waals surface area contributed by atoms with Gasteiger partial charge in [-0.3, -0.25) is 0 Å². The van der Waals surface area contributed by atoms with Crippen molar-refractivity contribution in [3.8, 4) is 0 Å². The van der Waals surface area contributed by atoms with E-state index >= 15 is 0 Å². The number of nitrogens with two attached hydrogens (primary N) is 1. The van der Waals surface area contributed by atoms with Crippen LogP contribution in [0.2, 0.25) is 0 Å². The second-order valence-corrected chi connectivity index (χ2v) is 5.86. The maximum absolute atomic E-state index is 5.86. The Bertz CT molecular complexity index is 199. The Morgan fingerprint density at radius 3 is 2.50 bits per heavy atom. The van der Waals surface area contributed by atoms with Crippen LogP contribution in [0, 0.1) is 17.8 Å². The Balaban J connectivity index is 1.79. The van der Waals surface area contributed by atoms with Crippen LogP contribution in [0.3, 0.4) is 0 Å². The van der Waals surface area contributed by atoms with Gasteiger partial charge in [0.2, 0.25) is 0 Å². The van der Waals surface area contributed by atoms with Gasteiger partial charge in [0.15, 0.2) is 0 Å². The molecule has 1 aliphatic carbocycles. The summed E-state index contributed by atoms with van der Waals surface area (Å²) in [5.41, 5.74) is 5.86. The lowest BCUT2D eigenvalue weighted by molar-refractivity contribution is 0.105. The number of hydrogen-bond acceptors (Lipinski definition) is 2. The second-order valence-electron chi connectivity index (χ2n) is 5.86. The SMILES string of the molecule is CCC1CN(CC2CCCC2)CCC1CN. The molecule has 2 nitrogen and oxygen atoms in total. The molecule has 0 radical (unpaired) electrons. The molecule has 2 unspecified atom stereocenters. The number of piperidine rings is 1. The molecule has 1 saturated heterocycles. The van der Waals surface area contributed by atoms with Gasteiger partial charge >= 0.3 is 0 Å². The fourth-order valence-corrected chi connectivity index (χ4v) is 3.65. The maximum Gasteiger partial charge on any atom is 0.00128 e. The zero-order chi connectivity index (χ0) is 11.4. The summed E-state index contributed by atoms with van der Waals surface area (Å²) in [6.45, 7) is 7.21. The van der Waals surface area contributed by atoms with E-state index < -0.39 is 0 Å². The van der Waals surface area contributed by atoms with E-state index in [9.17, 15) is 0 Å². The molecule has 2 heteroatoms. The second kappa shape index (κ2) is 6.02. The van der Waals surface area contributed by atoms with Crippen molar-refractivity contribution in [2.75, 3.05) is 26.2 Å². The van der Waals surface area contributed by atoms with Crippen LogP contribution in [0.15, 0.2) is 0 Å². The van der Waals surface area contributed by atoms with Crippen molar-refractivity contribution in [1.82, 2.24) is 4.90 Å². The zero-order valence-corrected chi connectivity index (χ0v) is 10.8. The van der Waals surface area contributed by atoms with Crippen molar-refractivity contribution >= 4 is 0 Å². The summed E-state index contributed by atoms with van der Waals surface area (Å²) < 4.78 is 0. The van der Waals surface area contributed by atoms with Crippen LogP contribution < -0.4 is 5.73 Å². The Morgan fingerprint density at radius 1 is 1.12 bits per heavy atom. The molecule has 0 spiro atoms. The van der Waals surface area contributed by atoms with Gasteiger partial charge in [0.25, 0.3) is 0 Å². The minimum atomic E-state index is 0.796. The van der Waals surface area contributed by atoms with E-state index in [-0.39, 0.29) is 0 Å². The van der Waals surface area contributed by atoms with Crippen LogP contribution in [-0.4, -0.2) is 31.1 Å². The van der Waals surface area contributed by atoms with Crippen LogP contribution in [0.1, 0.15) is 45.4 Å². The molecule has 0 amide bonds. The van der Waals surface area contributed by atoms with Gasteiger partial charge < -0.3 is 10.6 Å². The predicted octanol–water partition coefficient (Wildman–Crippen LogP) is 2.48. The third kappa shape index (κ3) is 2.98. The van der Waals surface area contributed by atoms with Gasteiger partial charge in [-0.25, -0.2) is 0 Å². The van der Waals surface area contributed by atoms with Crippen molar-refractivity contribution in [3.63, 3.8) is 0 Å². The molecule has 2 fully saturated rings. The first-order valence-electron chi connectivity index (χ1n) is 7.26. The van der Waals surface area contributed by atoms with Crippen molar-refractivity contribution < 1.29 is 0 Å². The summed E-state index contributed by atoms with van der Waals surface area (Å²) in [6.07, 6.45) is 8.55. The van der Waals surface area contributed by atoms with Gasteiger partial charge in [-0.1, -0.05) is 26.2 Å². The lowest BCUT2D eigenvalue weighted by Crippen LogP contribution is -2.44. The molecule has 16 heavy (non-hydrogen) atoms. The molecule has 94 valence electrons.